The summed E-state index contributed by atoms with van der Waals surface area (Å²) >= 11 is 0. The molecule has 0 aliphatic rings. The van der Waals surface area contributed by atoms with Gasteiger partial charge in [-0.1, -0.05) is 35.9 Å². The van der Waals surface area contributed by atoms with E-state index in [4.69, 9.17) is 9.47 Å². The minimum Gasteiger partial charge on any atom is -0.493 e. The van der Waals surface area contributed by atoms with E-state index < -0.39 is 5.97 Å². The largest absolute Gasteiger partial charge is 0.493 e. The van der Waals surface area contributed by atoms with Gasteiger partial charge in [0.1, 0.15) is 0 Å². The fraction of sp³-hybridized carbons (Fsp3) is 0.200. The van der Waals surface area contributed by atoms with E-state index in [0.29, 0.717) is 35.0 Å². The predicted molar refractivity (Wildman–Crippen MR) is 124 cm³/mol. The van der Waals surface area contributed by atoms with Gasteiger partial charge in [0.25, 0.3) is 5.91 Å². The van der Waals surface area contributed by atoms with Crippen molar-refractivity contribution in [1.82, 2.24) is 0 Å². The Labute approximate surface area is 187 Å². The highest BCUT2D eigenvalue weighted by molar-refractivity contribution is 5.92. The number of hydrogen-bond donors (Lipinski definition) is 3. The molecule has 0 fully saturated rings. The van der Waals surface area contributed by atoms with E-state index in [2.05, 4.69) is 10.6 Å². The molecule has 32 heavy (non-hydrogen) atoms. The lowest BCUT2D eigenvalue weighted by atomic mass is 10.1. The predicted octanol–water partition coefficient (Wildman–Crippen LogP) is 4.64. The van der Waals surface area contributed by atoms with Gasteiger partial charge in [-0.2, -0.15) is 0 Å². The summed E-state index contributed by atoms with van der Waals surface area (Å²) in [5.74, 6) is -0.308. The van der Waals surface area contributed by atoms with Crippen molar-refractivity contribution in [3.05, 3.63) is 82.9 Å². The first kappa shape index (κ1) is 22.7. The van der Waals surface area contributed by atoms with Gasteiger partial charge < -0.3 is 25.2 Å². The standard InChI is InChI=1S/C25H26N2O5/c1-16-10-12-19(13-11-16)27-23(28)15-32-24-18(6-4-9-22(24)31-3)14-26-21-8-5-7-20(17(21)2)25(29)30/h4-13,26H,14-15H2,1-3H3,(H,27,28)(H,29,30). The first-order valence-electron chi connectivity index (χ1n) is 10.1. The van der Waals surface area contributed by atoms with Crippen LogP contribution in [-0.4, -0.2) is 30.7 Å². The molecule has 3 aromatic rings. The molecule has 0 saturated carbocycles. The van der Waals surface area contributed by atoms with Gasteiger partial charge in [0.05, 0.1) is 12.7 Å². The molecule has 0 heterocycles. The zero-order valence-corrected chi connectivity index (χ0v) is 18.3. The number of rotatable bonds is 9. The molecule has 3 rings (SSSR count). The van der Waals surface area contributed by atoms with Gasteiger partial charge in [0.15, 0.2) is 18.1 Å². The second kappa shape index (κ2) is 10.3. The number of hydrogen-bond acceptors (Lipinski definition) is 5. The second-order valence-corrected chi connectivity index (χ2v) is 7.29. The van der Waals surface area contributed by atoms with Crippen molar-refractivity contribution in [2.24, 2.45) is 0 Å². The summed E-state index contributed by atoms with van der Waals surface area (Å²) in [7, 11) is 1.53. The normalized spacial score (nSPS) is 10.3. The van der Waals surface area contributed by atoms with Gasteiger partial charge in [0.2, 0.25) is 0 Å². The maximum absolute atomic E-state index is 12.4. The van der Waals surface area contributed by atoms with E-state index in [1.807, 2.05) is 49.4 Å². The van der Waals surface area contributed by atoms with Crippen molar-refractivity contribution in [2.75, 3.05) is 24.4 Å². The SMILES string of the molecule is COc1cccc(CNc2cccc(C(=O)O)c2C)c1OCC(=O)Nc1ccc(C)cc1. The molecule has 0 atom stereocenters. The zero-order valence-electron chi connectivity index (χ0n) is 18.3. The molecule has 0 spiro atoms. The minimum absolute atomic E-state index is 0.186. The number of para-hydroxylation sites is 1. The summed E-state index contributed by atoms with van der Waals surface area (Å²) in [4.78, 5) is 23.7. The van der Waals surface area contributed by atoms with Crippen LogP contribution in [0.2, 0.25) is 0 Å². The molecule has 0 aliphatic carbocycles. The lowest BCUT2D eigenvalue weighted by molar-refractivity contribution is -0.118. The molecule has 7 heteroatoms. The molecule has 7 nitrogen and oxygen atoms in total. The average Bonchev–Trinajstić information content (AvgIpc) is 2.78. The summed E-state index contributed by atoms with van der Waals surface area (Å²) in [5, 5.41) is 15.4. The fourth-order valence-corrected chi connectivity index (χ4v) is 3.25. The average molecular weight is 434 g/mol. The van der Waals surface area contributed by atoms with Crippen LogP contribution in [0.1, 0.15) is 27.0 Å². The Balaban J connectivity index is 1.72. The number of nitrogens with one attached hydrogen (secondary N) is 2. The van der Waals surface area contributed by atoms with Crippen LogP contribution < -0.4 is 20.1 Å². The lowest BCUT2D eigenvalue weighted by Gasteiger charge is -2.17. The minimum atomic E-state index is -0.976. The number of anilines is 2. The van der Waals surface area contributed by atoms with E-state index in [1.54, 1.807) is 25.1 Å². The Morgan fingerprint density at radius 2 is 1.69 bits per heavy atom. The number of aryl methyl sites for hydroxylation is 1. The van der Waals surface area contributed by atoms with Gasteiger partial charge >= 0.3 is 5.97 Å². The van der Waals surface area contributed by atoms with Gasteiger partial charge in [0, 0.05) is 23.5 Å². The van der Waals surface area contributed by atoms with Crippen molar-refractivity contribution < 1.29 is 24.2 Å². The summed E-state index contributed by atoms with van der Waals surface area (Å²) in [6.45, 7) is 3.90. The third-order valence-corrected chi connectivity index (χ3v) is 5.00. The third kappa shape index (κ3) is 5.57. The number of carboxylic acid groups (broad SMARTS) is 1. The van der Waals surface area contributed by atoms with E-state index >= 15 is 0 Å². The van der Waals surface area contributed by atoms with E-state index in [0.717, 1.165) is 11.1 Å². The van der Waals surface area contributed by atoms with Crippen LogP contribution in [0.5, 0.6) is 11.5 Å². The van der Waals surface area contributed by atoms with Gasteiger partial charge in [-0.25, -0.2) is 4.79 Å². The number of ether oxygens (including phenoxy) is 2. The first-order chi connectivity index (χ1) is 15.4. The van der Waals surface area contributed by atoms with Gasteiger partial charge in [-0.15, -0.1) is 0 Å². The number of aromatic carboxylic acids is 1. The summed E-state index contributed by atoms with van der Waals surface area (Å²) in [6, 6.07) is 18.0. The molecule has 0 radical (unpaired) electrons. The van der Waals surface area contributed by atoms with Crippen LogP contribution in [0.3, 0.4) is 0 Å². The first-order valence-corrected chi connectivity index (χ1v) is 10.1. The van der Waals surface area contributed by atoms with Gasteiger partial charge in [-0.05, 0) is 49.7 Å². The van der Waals surface area contributed by atoms with Crippen molar-refractivity contribution in [1.29, 1.82) is 0 Å². The Bertz CT molecular complexity index is 1110. The van der Waals surface area contributed by atoms with E-state index in [-0.39, 0.29) is 18.1 Å². The molecule has 166 valence electrons. The molecule has 0 unspecified atom stereocenters. The molecule has 0 saturated heterocycles. The van der Waals surface area contributed by atoms with E-state index in [9.17, 15) is 14.7 Å². The number of carbonyl (C=O) groups excluding carboxylic acids is 1. The van der Waals surface area contributed by atoms with Crippen LogP contribution in [0.25, 0.3) is 0 Å². The maximum atomic E-state index is 12.4. The lowest BCUT2D eigenvalue weighted by Crippen LogP contribution is -2.21. The van der Waals surface area contributed by atoms with Crippen LogP contribution >= 0.6 is 0 Å². The quantitative estimate of drug-likeness (QED) is 0.454. The Kier molecular flexibility index (Phi) is 7.33. The van der Waals surface area contributed by atoms with Crippen molar-refractivity contribution >= 4 is 23.3 Å². The second-order valence-electron chi connectivity index (χ2n) is 7.29. The molecular formula is C25H26N2O5. The maximum Gasteiger partial charge on any atom is 0.336 e. The van der Waals surface area contributed by atoms with Gasteiger partial charge in [-0.3, -0.25) is 4.79 Å². The number of methoxy groups -OCH3 is 1. The van der Waals surface area contributed by atoms with Crippen LogP contribution in [-0.2, 0) is 11.3 Å². The third-order valence-electron chi connectivity index (χ3n) is 5.00. The molecule has 3 N–H and O–H groups in total. The van der Waals surface area contributed by atoms with E-state index in [1.165, 1.54) is 7.11 Å². The smallest absolute Gasteiger partial charge is 0.336 e. The molecule has 0 aromatic heterocycles. The Hall–Kier alpha value is -4.00. The van der Waals surface area contributed by atoms with Crippen LogP contribution in [0, 0.1) is 13.8 Å². The highest BCUT2D eigenvalue weighted by Crippen LogP contribution is 2.32. The topological polar surface area (TPSA) is 96.9 Å². The van der Waals surface area contributed by atoms with Crippen molar-refractivity contribution in [2.45, 2.75) is 20.4 Å². The van der Waals surface area contributed by atoms with Crippen LogP contribution in [0.4, 0.5) is 11.4 Å². The molecule has 3 aromatic carbocycles. The molecule has 0 bridgehead atoms. The van der Waals surface area contributed by atoms with Crippen LogP contribution in [0.15, 0.2) is 60.7 Å². The number of benzene rings is 3. The Morgan fingerprint density at radius 1 is 0.969 bits per heavy atom. The Morgan fingerprint density at radius 3 is 2.38 bits per heavy atom. The highest BCUT2D eigenvalue weighted by Gasteiger charge is 2.15. The molecule has 0 aliphatic heterocycles. The molecular weight excluding hydrogens is 408 g/mol. The van der Waals surface area contributed by atoms with Crippen molar-refractivity contribution in [3.63, 3.8) is 0 Å². The molecule has 1 amide bonds. The number of carboxylic acids is 1. The summed E-state index contributed by atoms with van der Waals surface area (Å²) < 4.78 is 11.2. The zero-order chi connectivity index (χ0) is 23.1. The number of amides is 1. The highest BCUT2D eigenvalue weighted by atomic mass is 16.5. The fourth-order valence-electron chi connectivity index (χ4n) is 3.25. The summed E-state index contributed by atoms with van der Waals surface area (Å²) in [5.41, 5.74) is 4.16. The summed E-state index contributed by atoms with van der Waals surface area (Å²) in [6.07, 6.45) is 0. The van der Waals surface area contributed by atoms with Crippen molar-refractivity contribution in [3.8, 4) is 11.5 Å². The monoisotopic (exact) mass is 434 g/mol. The number of carbonyl (C=O) groups is 2.